The Morgan fingerprint density at radius 3 is 2.59 bits per heavy atom. The molecule has 17 heavy (non-hydrogen) atoms. The van der Waals surface area contributed by atoms with Gasteiger partial charge in [0.2, 0.25) is 0 Å². The van der Waals surface area contributed by atoms with Crippen LogP contribution in [-0.2, 0) is 4.79 Å². The normalized spacial score (nSPS) is 14.4. The van der Waals surface area contributed by atoms with Gasteiger partial charge in [-0.05, 0) is 19.5 Å². The molecule has 0 aliphatic carbocycles. The van der Waals surface area contributed by atoms with Gasteiger partial charge in [0.25, 0.3) is 0 Å². The summed E-state index contributed by atoms with van der Waals surface area (Å²) in [4.78, 5) is 10.7. The number of rotatable bonds is 5. The monoisotopic (exact) mass is 243 g/mol. The van der Waals surface area contributed by atoms with Crippen LogP contribution in [0.5, 0.6) is 0 Å². The van der Waals surface area contributed by atoms with Gasteiger partial charge in [-0.3, -0.25) is 4.79 Å². The zero-order valence-corrected chi connectivity index (χ0v) is 9.71. The second-order valence-electron chi connectivity index (χ2n) is 3.98. The lowest BCUT2D eigenvalue weighted by molar-refractivity contribution is -0.141. The summed E-state index contributed by atoms with van der Waals surface area (Å²) in [5.41, 5.74) is 0.280. The van der Waals surface area contributed by atoms with Crippen LogP contribution in [0.3, 0.4) is 0 Å². The van der Waals surface area contributed by atoms with E-state index in [-0.39, 0.29) is 12.0 Å². The molecule has 0 aliphatic heterocycles. The van der Waals surface area contributed by atoms with Crippen molar-refractivity contribution in [2.45, 2.75) is 19.4 Å². The molecule has 1 aromatic carbocycles. The largest absolute Gasteiger partial charge is 0.481 e. The first-order valence-corrected chi connectivity index (χ1v) is 5.30. The van der Waals surface area contributed by atoms with Crippen molar-refractivity contribution < 1.29 is 18.7 Å². The number of hydrogen-bond acceptors (Lipinski definition) is 2. The third kappa shape index (κ3) is 3.49. The van der Waals surface area contributed by atoms with E-state index in [1.165, 1.54) is 6.07 Å². The van der Waals surface area contributed by atoms with Gasteiger partial charge in [-0.25, -0.2) is 8.78 Å². The Balaban J connectivity index is 2.90. The van der Waals surface area contributed by atoms with Gasteiger partial charge >= 0.3 is 5.97 Å². The van der Waals surface area contributed by atoms with Crippen molar-refractivity contribution in [2.24, 2.45) is 5.92 Å². The molecule has 0 bridgehead atoms. The minimum Gasteiger partial charge on any atom is -0.481 e. The second-order valence-corrected chi connectivity index (χ2v) is 3.98. The number of carboxylic acid groups (broad SMARTS) is 1. The van der Waals surface area contributed by atoms with E-state index in [4.69, 9.17) is 5.11 Å². The Morgan fingerprint density at radius 1 is 1.47 bits per heavy atom. The molecule has 0 saturated heterocycles. The quantitative estimate of drug-likeness (QED) is 0.834. The molecule has 2 atom stereocenters. The summed E-state index contributed by atoms with van der Waals surface area (Å²) in [7, 11) is 1.61. The highest BCUT2D eigenvalue weighted by Gasteiger charge is 2.21. The average Bonchev–Trinajstić information content (AvgIpc) is 2.26. The highest BCUT2D eigenvalue weighted by atomic mass is 19.1. The Kier molecular flexibility index (Phi) is 4.57. The summed E-state index contributed by atoms with van der Waals surface area (Å²) in [5, 5.41) is 11.6. The SMILES string of the molecule is CNC(CC(C)C(=O)O)c1ccc(F)cc1F. The van der Waals surface area contributed by atoms with Crippen molar-refractivity contribution in [1.82, 2.24) is 5.32 Å². The lowest BCUT2D eigenvalue weighted by Gasteiger charge is -2.19. The van der Waals surface area contributed by atoms with Gasteiger partial charge in [-0.1, -0.05) is 13.0 Å². The fourth-order valence-electron chi connectivity index (χ4n) is 1.64. The predicted octanol–water partition coefficient (Wildman–Crippen LogP) is 2.34. The standard InChI is InChI=1S/C12H15F2NO2/c1-7(12(16)17)5-11(15-2)9-4-3-8(13)6-10(9)14/h3-4,6-7,11,15H,5H2,1-2H3,(H,16,17). The topological polar surface area (TPSA) is 49.3 Å². The van der Waals surface area contributed by atoms with Crippen LogP contribution < -0.4 is 5.32 Å². The van der Waals surface area contributed by atoms with Crippen LogP contribution in [0, 0.1) is 17.6 Å². The number of halogens is 2. The van der Waals surface area contributed by atoms with E-state index in [1.807, 2.05) is 0 Å². The number of carbonyl (C=O) groups is 1. The van der Waals surface area contributed by atoms with E-state index in [0.717, 1.165) is 12.1 Å². The molecule has 5 heteroatoms. The van der Waals surface area contributed by atoms with Crippen LogP contribution in [0.2, 0.25) is 0 Å². The maximum atomic E-state index is 13.5. The molecule has 1 rings (SSSR count). The Hall–Kier alpha value is -1.49. The van der Waals surface area contributed by atoms with Crippen LogP contribution in [0.15, 0.2) is 18.2 Å². The molecule has 0 radical (unpaired) electrons. The molecule has 0 amide bonds. The molecular weight excluding hydrogens is 228 g/mol. The van der Waals surface area contributed by atoms with Crippen molar-refractivity contribution in [1.29, 1.82) is 0 Å². The Morgan fingerprint density at radius 2 is 2.12 bits per heavy atom. The molecule has 0 spiro atoms. The van der Waals surface area contributed by atoms with E-state index >= 15 is 0 Å². The third-order valence-corrected chi connectivity index (χ3v) is 2.70. The van der Waals surface area contributed by atoms with Gasteiger partial charge < -0.3 is 10.4 Å². The lowest BCUT2D eigenvalue weighted by Crippen LogP contribution is -2.23. The van der Waals surface area contributed by atoms with E-state index in [9.17, 15) is 13.6 Å². The zero-order valence-electron chi connectivity index (χ0n) is 9.71. The number of aliphatic carboxylic acids is 1. The van der Waals surface area contributed by atoms with E-state index < -0.39 is 29.6 Å². The van der Waals surface area contributed by atoms with Crippen molar-refractivity contribution in [3.05, 3.63) is 35.4 Å². The molecule has 3 nitrogen and oxygen atoms in total. The van der Waals surface area contributed by atoms with Crippen LogP contribution in [0.1, 0.15) is 24.9 Å². The molecule has 0 heterocycles. The minimum atomic E-state index is -0.937. The highest BCUT2D eigenvalue weighted by molar-refractivity contribution is 5.69. The van der Waals surface area contributed by atoms with Crippen LogP contribution in [-0.4, -0.2) is 18.1 Å². The highest BCUT2D eigenvalue weighted by Crippen LogP contribution is 2.24. The molecule has 0 aromatic heterocycles. The molecule has 2 unspecified atom stereocenters. The van der Waals surface area contributed by atoms with Gasteiger partial charge in [-0.2, -0.15) is 0 Å². The van der Waals surface area contributed by atoms with Crippen molar-refractivity contribution in [3.63, 3.8) is 0 Å². The molecule has 0 saturated carbocycles. The first-order valence-electron chi connectivity index (χ1n) is 5.30. The summed E-state index contributed by atoms with van der Waals surface area (Å²) in [6.45, 7) is 1.55. The Labute approximate surface area is 98.5 Å². The summed E-state index contributed by atoms with van der Waals surface area (Å²) in [5.74, 6) is -2.85. The van der Waals surface area contributed by atoms with Gasteiger partial charge in [0, 0.05) is 17.7 Å². The first kappa shape index (κ1) is 13.6. The Bertz CT molecular complexity index is 409. The molecule has 94 valence electrons. The van der Waals surface area contributed by atoms with Crippen molar-refractivity contribution >= 4 is 5.97 Å². The molecule has 2 N–H and O–H groups in total. The lowest BCUT2D eigenvalue weighted by atomic mass is 9.95. The van der Waals surface area contributed by atoms with E-state index in [1.54, 1.807) is 14.0 Å². The fourth-order valence-corrected chi connectivity index (χ4v) is 1.64. The molecule has 1 aromatic rings. The van der Waals surface area contributed by atoms with Gasteiger partial charge in [0.05, 0.1) is 5.92 Å². The predicted molar refractivity (Wildman–Crippen MR) is 59.6 cm³/mol. The van der Waals surface area contributed by atoms with Crippen molar-refractivity contribution in [2.75, 3.05) is 7.05 Å². The van der Waals surface area contributed by atoms with E-state index in [0.29, 0.717) is 0 Å². The summed E-state index contributed by atoms with van der Waals surface area (Å²) in [6, 6.07) is 2.85. The molecule has 0 fully saturated rings. The number of hydrogen-bond donors (Lipinski definition) is 2. The third-order valence-electron chi connectivity index (χ3n) is 2.70. The number of benzene rings is 1. The van der Waals surface area contributed by atoms with Crippen LogP contribution in [0.4, 0.5) is 8.78 Å². The maximum absolute atomic E-state index is 13.5. The van der Waals surface area contributed by atoms with E-state index in [2.05, 4.69) is 5.32 Å². The van der Waals surface area contributed by atoms with Crippen LogP contribution >= 0.6 is 0 Å². The van der Waals surface area contributed by atoms with Crippen molar-refractivity contribution in [3.8, 4) is 0 Å². The molecule has 0 aliphatic rings. The summed E-state index contributed by atoms with van der Waals surface area (Å²) in [6.07, 6.45) is 0.244. The van der Waals surface area contributed by atoms with Gasteiger partial charge in [-0.15, -0.1) is 0 Å². The average molecular weight is 243 g/mol. The zero-order chi connectivity index (χ0) is 13.0. The van der Waals surface area contributed by atoms with Crippen LogP contribution in [0.25, 0.3) is 0 Å². The van der Waals surface area contributed by atoms with Gasteiger partial charge in [0.1, 0.15) is 11.6 Å². The molecular formula is C12H15F2NO2. The fraction of sp³-hybridized carbons (Fsp3) is 0.417. The minimum absolute atomic E-state index is 0.244. The van der Waals surface area contributed by atoms with Gasteiger partial charge in [0.15, 0.2) is 0 Å². The maximum Gasteiger partial charge on any atom is 0.306 e. The first-order chi connectivity index (χ1) is 7.95. The summed E-state index contributed by atoms with van der Waals surface area (Å²) >= 11 is 0. The number of nitrogens with one attached hydrogen (secondary N) is 1. The second kappa shape index (κ2) is 5.72. The number of carboxylic acids is 1. The smallest absolute Gasteiger partial charge is 0.306 e. The summed E-state index contributed by atoms with van der Waals surface area (Å²) < 4.78 is 26.3.